The van der Waals surface area contributed by atoms with Crippen LogP contribution in [0.25, 0.3) is 0 Å². The second-order valence-electron chi connectivity index (χ2n) is 4.09. The molecule has 0 saturated heterocycles. The van der Waals surface area contributed by atoms with Crippen molar-refractivity contribution < 1.29 is 9.53 Å². The molecule has 0 radical (unpaired) electrons. The monoisotopic (exact) mass is 311 g/mol. The Labute approximate surface area is 125 Å². The Morgan fingerprint density at radius 2 is 2.20 bits per heavy atom. The molecule has 0 aliphatic carbocycles. The lowest BCUT2D eigenvalue weighted by molar-refractivity contribution is -0.115. The third-order valence-corrected chi connectivity index (χ3v) is 3.63. The Morgan fingerprint density at radius 3 is 2.90 bits per heavy atom. The molecule has 0 aliphatic heterocycles. The van der Waals surface area contributed by atoms with E-state index in [1.54, 1.807) is 14.0 Å². The summed E-state index contributed by atoms with van der Waals surface area (Å²) in [4.78, 5) is 11.5. The highest BCUT2D eigenvalue weighted by Crippen LogP contribution is 2.24. The van der Waals surface area contributed by atoms with Crippen LogP contribution in [0.3, 0.4) is 0 Å². The van der Waals surface area contributed by atoms with Gasteiger partial charge >= 0.3 is 0 Å². The van der Waals surface area contributed by atoms with Crippen LogP contribution in [0.5, 0.6) is 5.75 Å². The van der Waals surface area contributed by atoms with E-state index in [-0.39, 0.29) is 5.91 Å². The number of carbonyl (C=O) groups is 1. The van der Waals surface area contributed by atoms with Crippen LogP contribution in [0.2, 0.25) is 0 Å². The summed E-state index contributed by atoms with van der Waals surface area (Å²) in [6.07, 6.45) is 0.605. The number of anilines is 1. The number of amides is 1. The number of hydrogen-bond donors (Lipinski definition) is 1. The number of benzene rings is 1. The van der Waals surface area contributed by atoms with E-state index in [0.29, 0.717) is 11.6 Å². The Hall–Kier alpha value is -1.66. The van der Waals surface area contributed by atoms with Crippen molar-refractivity contribution in [3.05, 3.63) is 34.8 Å². The van der Waals surface area contributed by atoms with Crippen LogP contribution >= 0.6 is 22.9 Å². The van der Waals surface area contributed by atoms with Crippen LogP contribution in [0.15, 0.2) is 24.3 Å². The van der Waals surface area contributed by atoms with Crippen molar-refractivity contribution in [1.82, 2.24) is 10.2 Å². The van der Waals surface area contributed by atoms with E-state index in [4.69, 9.17) is 16.3 Å². The first-order chi connectivity index (χ1) is 9.60. The number of nitrogens with zero attached hydrogens (tertiary/aromatic N) is 2. The average Bonchev–Trinajstić information content (AvgIpc) is 2.86. The predicted octanol–water partition coefficient (Wildman–Crippen LogP) is 2.70. The molecule has 1 heterocycles. The van der Waals surface area contributed by atoms with E-state index in [1.807, 2.05) is 24.3 Å². The fourth-order valence-corrected chi connectivity index (χ4v) is 2.41. The maximum absolute atomic E-state index is 11.5. The third kappa shape index (κ3) is 3.68. The van der Waals surface area contributed by atoms with Gasteiger partial charge in [0.05, 0.1) is 7.11 Å². The minimum absolute atomic E-state index is 0.286. The molecule has 7 heteroatoms. The molecule has 0 bridgehead atoms. The number of aromatic nitrogens is 2. The molecular formula is C13H14ClN3O2S. The zero-order valence-electron chi connectivity index (χ0n) is 11.1. The first-order valence-corrected chi connectivity index (χ1v) is 7.24. The first kappa shape index (κ1) is 14.7. The average molecular weight is 312 g/mol. The quantitative estimate of drug-likeness (QED) is 0.862. The van der Waals surface area contributed by atoms with E-state index in [1.165, 1.54) is 11.3 Å². The van der Waals surface area contributed by atoms with Gasteiger partial charge in [0.15, 0.2) is 0 Å². The van der Waals surface area contributed by atoms with Gasteiger partial charge in [0.25, 0.3) is 0 Å². The summed E-state index contributed by atoms with van der Waals surface area (Å²) >= 11 is 7.01. The van der Waals surface area contributed by atoms with E-state index >= 15 is 0 Å². The molecule has 1 N–H and O–H groups in total. The molecule has 106 valence electrons. The number of hydrogen-bond acceptors (Lipinski definition) is 5. The van der Waals surface area contributed by atoms with Gasteiger partial charge in [0, 0.05) is 12.0 Å². The summed E-state index contributed by atoms with van der Waals surface area (Å²) in [6.45, 7) is 1.60. The van der Waals surface area contributed by atoms with Gasteiger partial charge in [-0.15, -0.1) is 21.8 Å². The van der Waals surface area contributed by atoms with Gasteiger partial charge in [0.2, 0.25) is 11.0 Å². The summed E-state index contributed by atoms with van der Waals surface area (Å²) in [7, 11) is 1.63. The molecule has 1 aromatic heterocycles. The van der Waals surface area contributed by atoms with Gasteiger partial charge in [0.1, 0.15) is 16.1 Å². The van der Waals surface area contributed by atoms with Gasteiger partial charge in [-0.3, -0.25) is 10.1 Å². The zero-order chi connectivity index (χ0) is 14.5. The largest absolute Gasteiger partial charge is 0.496 e. The summed E-state index contributed by atoms with van der Waals surface area (Å²) in [5.41, 5.74) is 1.02. The minimum Gasteiger partial charge on any atom is -0.496 e. The number of carbonyl (C=O) groups excluding carboxylic acids is 1. The molecule has 0 spiro atoms. The normalized spacial score (nSPS) is 11.9. The predicted molar refractivity (Wildman–Crippen MR) is 79.7 cm³/mol. The van der Waals surface area contributed by atoms with Gasteiger partial charge in [-0.2, -0.15) is 0 Å². The Bertz CT molecular complexity index is 601. The minimum atomic E-state index is -0.600. The summed E-state index contributed by atoms with van der Waals surface area (Å²) < 4.78 is 5.29. The molecular weight excluding hydrogens is 298 g/mol. The van der Waals surface area contributed by atoms with Gasteiger partial charge in [-0.25, -0.2) is 0 Å². The highest BCUT2D eigenvalue weighted by Gasteiger charge is 2.13. The highest BCUT2D eigenvalue weighted by atomic mass is 35.5. The number of alkyl halides is 1. The number of para-hydroxylation sites is 1. The molecule has 1 atom stereocenters. The molecule has 20 heavy (non-hydrogen) atoms. The van der Waals surface area contributed by atoms with Crippen molar-refractivity contribution in [2.75, 3.05) is 12.4 Å². The van der Waals surface area contributed by atoms with E-state index < -0.39 is 5.38 Å². The number of nitrogens with one attached hydrogen (secondary N) is 1. The number of halogens is 1. The Morgan fingerprint density at radius 1 is 1.45 bits per heavy atom. The maximum atomic E-state index is 11.5. The SMILES string of the molecule is COc1ccccc1Cc1nnc(NC(=O)C(C)Cl)s1. The summed E-state index contributed by atoms with van der Waals surface area (Å²) in [5.74, 6) is 0.523. The van der Waals surface area contributed by atoms with Gasteiger partial charge < -0.3 is 4.74 Å². The van der Waals surface area contributed by atoms with Crippen LogP contribution in [-0.4, -0.2) is 28.6 Å². The van der Waals surface area contributed by atoms with Gasteiger partial charge in [-0.1, -0.05) is 29.5 Å². The second-order valence-corrected chi connectivity index (χ2v) is 5.81. The van der Waals surface area contributed by atoms with Crippen molar-refractivity contribution in [3.8, 4) is 5.75 Å². The molecule has 0 fully saturated rings. The van der Waals surface area contributed by atoms with Crippen molar-refractivity contribution in [3.63, 3.8) is 0 Å². The molecule has 1 aromatic carbocycles. The van der Waals surface area contributed by atoms with Crippen LogP contribution in [0.1, 0.15) is 17.5 Å². The fourth-order valence-electron chi connectivity index (χ4n) is 1.59. The standard InChI is InChI=1S/C13H14ClN3O2S/c1-8(14)12(18)15-13-17-16-11(20-13)7-9-5-3-4-6-10(9)19-2/h3-6,8H,7H2,1-2H3,(H,15,17,18). The lowest BCUT2D eigenvalue weighted by atomic mass is 10.1. The number of rotatable bonds is 5. The summed E-state index contributed by atoms with van der Waals surface area (Å²) in [6, 6.07) is 7.72. The molecule has 2 rings (SSSR count). The van der Waals surface area contributed by atoms with Crippen molar-refractivity contribution >= 4 is 34.0 Å². The lowest BCUT2D eigenvalue weighted by Gasteiger charge is -2.05. The Kier molecular flexibility index (Phi) is 4.92. The molecule has 1 amide bonds. The maximum Gasteiger partial charge on any atom is 0.243 e. The van der Waals surface area contributed by atoms with Crippen LogP contribution in [0.4, 0.5) is 5.13 Å². The third-order valence-electron chi connectivity index (χ3n) is 2.59. The van der Waals surface area contributed by atoms with Crippen molar-refractivity contribution in [2.24, 2.45) is 0 Å². The second kappa shape index (κ2) is 6.67. The zero-order valence-corrected chi connectivity index (χ0v) is 12.7. The number of methoxy groups -OCH3 is 1. The summed E-state index contributed by atoms with van der Waals surface area (Å²) in [5, 5.41) is 11.2. The molecule has 0 aliphatic rings. The molecule has 0 saturated carbocycles. The van der Waals surface area contributed by atoms with Crippen LogP contribution in [-0.2, 0) is 11.2 Å². The van der Waals surface area contributed by atoms with E-state index in [0.717, 1.165) is 16.3 Å². The van der Waals surface area contributed by atoms with Crippen molar-refractivity contribution in [2.45, 2.75) is 18.7 Å². The highest BCUT2D eigenvalue weighted by molar-refractivity contribution is 7.15. The molecule has 2 aromatic rings. The van der Waals surface area contributed by atoms with E-state index in [9.17, 15) is 4.79 Å². The van der Waals surface area contributed by atoms with Crippen LogP contribution < -0.4 is 10.1 Å². The topological polar surface area (TPSA) is 64.1 Å². The Balaban J connectivity index is 2.08. The van der Waals surface area contributed by atoms with Crippen LogP contribution in [0, 0.1) is 0 Å². The van der Waals surface area contributed by atoms with E-state index in [2.05, 4.69) is 15.5 Å². The smallest absolute Gasteiger partial charge is 0.243 e. The fraction of sp³-hybridized carbons (Fsp3) is 0.308. The first-order valence-electron chi connectivity index (χ1n) is 5.99. The molecule has 5 nitrogen and oxygen atoms in total. The van der Waals surface area contributed by atoms with Gasteiger partial charge in [-0.05, 0) is 13.0 Å². The van der Waals surface area contributed by atoms with Crippen molar-refractivity contribution in [1.29, 1.82) is 0 Å². The molecule has 1 unspecified atom stereocenters. The number of ether oxygens (including phenoxy) is 1. The lowest BCUT2D eigenvalue weighted by Crippen LogP contribution is -2.20.